The number of hydrogen-bond donors (Lipinski definition) is 0. The molecule has 1 rings (SSSR count). The van der Waals surface area contributed by atoms with Gasteiger partial charge in [-0.3, -0.25) is 4.79 Å². The lowest BCUT2D eigenvalue weighted by atomic mass is 9.82. The number of likely N-dealkylation sites (tertiary alicyclic amines) is 1. The van der Waals surface area contributed by atoms with Gasteiger partial charge in [0.05, 0.1) is 13.0 Å². The van der Waals surface area contributed by atoms with Crippen LogP contribution in [0.2, 0.25) is 0 Å². The third-order valence-electron chi connectivity index (χ3n) is 3.70. The van der Waals surface area contributed by atoms with Crippen molar-refractivity contribution in [1.29, 1.82) is 0 Å². The van der Waals surface area contributed by atoms with Gasteiger partial charge in [-0.1, -0.05) is 12.5 Å². The highest BCUT2D eigenvalue weighted by Gasteiger charge is 2.33. The van der Waals surface area contributed by atoms with Crippen molar-refractivity contribution in [2.45, 2.75) is 32.1 Å². The van der Waals surface area contributed by atoms with Crippen LogP contribution >= 0.6 is 0 Å². The van der Waals surface area contributed by atoms with E-state index in [1.807, 2.05) is 6.08 Å². The summed E-state index contributed by atoms with van der Waals surface area (Å²) in [5.41, 5.74) is 0. The number of allylic oxidation sites excluding steroid dienone is 1. The first kappa shape index (κ1) is 14.2. The van der Waals surface area contributed by atoms with Gasteiger partial charge in [-0.05, 0) is 45.2 Å². The molecule has 1 fully saturated rings. The molecule has 0 amide bonds. The molecule has 0 radical (unpaired) electrons. The van der Waals surface area contributed by atoms with Crippen LogP contribution in [0.15, 0.2) is 12.7 Å². The number of unbranched alkanes of at least 4 members (excludes halogenated alkanes) is 2. The zero-order chi connectivity index (χ0) is 12.7. The number of carbonyl (C=O) groups excluding carboxylic acids is 1. The summed E-state index contributed by atoms with van der Waals surface area (Å²) in [4.78, 5) is 14.0. The van der Waals surface area contributed by atoms with Crippen LogP contribution in [0.4, 0.5) is 0 Å². The van der Waals surface area contributed by atoms with Crippen molar-refractivity contribution in [2.75, 3.05) is 27.2 Å². The molecule has 1 aliphatic rings. The molecular formula is C14H25NO2. The summed E-state index contributed by atoms with van der Waals surface area (Å²) in [6.07, 6.45) is 7.67. The number of hydrogen-bond acceptors (Lipinski definition) is 3. The lowest BCUT2D eigenvalue weighted by Gasteiger charge is -2.35. The van der Waals surface area contributed by atoms with E-state index in [-0.39, 0.29) is 11.9 Å². The number of methoxy groups -OCH3 is 1. The van der Waals surface area contributed by atoms with Crippen LogP contribution in [0.25, 0.3) is 0 Å². The molecule has 0 bridgehead atoms. The molecule has 3 heteroatoms. The standard InChI is InChI=1S/C14H25NO2/c1-4-5-6-7-8-12-9-10-15(2)11-13(12)14(16)17-3/h4,12-13H,1,5-11H2,2-3H3/t12-,13-/m1/s1. The number of nitrogens with zero attached hydrogens (tertiary/aromatic N) is 1. The number of esters is 1. The quantitative estimate of drug-likeness (QED) is 0.405. The molecule has 0 aromatic rings. The van der Waals surface area contributed by atoms with Crippen LogP contribution in [0.5, 0.6) is 0 Å². The predicted octanol–water partition coefficient (Wildman–Crippen LogP) is 2.47. The first-order chi connectivity index (χ1) is 8.19. The molecule has 0 aromatic heterocycles. The van der Waals surface area contributed by atoms with Gasteiger partial charge >= 0.3 is 5.97 Å². The van der Waals surface area contributed by atoms with Crippen molar-refractivity contribution in [3.63, 3.8) is 0 Å². The zero-order valence-corrected chi connectivity index (χ0v) is 11.2. The molecule has 17 heavy (non-hydrogen) atoms. The van der Waals surface area contributed by atoms with E-state index in [2.05, 4.69) is 18.5 Å². The Morgan fingerprint density at radius 2 is 2.29 bits per heavy atom. The first-order valence-electron chi connectivity index (χ1n) is 6.56. The monoisotopic (exact) mass is 239 g/mol. The summed E-state index contributed by atoms with van der Waals surface area (Å²) in [7, 11) is 3.57. The first-order valence-corrected chi connectivity index (χ1v) is 6.56. The van der Waals surface area contributed by atoms with Crippen molar-refractivity contribution < 1.29 is 9.53 Å². The normalized spacial score (nSPS) is 25.5. The third-order valence-corrected chi connectivity index (χ3v) is 3.70. The minimum absolute atomic E-state index is 0.0368. The molecule has 1 heterocycles. The van der Waals surface area contributed by atoms with Crippen LogP contribution in [-0.2, 0) is 9.53 Å². The van der Waals surface area contributed by atoms with Gasteiger partial charge in [0.2, 0.25) is 0 Å². The van der Waals surface area contributed by atoms with E-state index in [0.717, 1.165) is 32.4 Å². The molecule has 2 atom stereocenters. The second-order valence-electron chi connectivity index (χ2n) is 5.01. The lowest BCUT2D eigenvalue weighted by Crippen LogP contribution is -2.42. The fourth-order valence-electron chi connectivity index (χ4n) is 2.62. The number of ether oxygens (including phenoxy) is 1. The molecule has 98 valence electrons. The summed E-state index contributed by atoms with van der Waals surface area (Å²) in [6.45, 7) is 5.67. The Morgan fingerprint density at radius 3 is 2.94 bits per heavy atom. The number of rotatable bonds is 6. The SMILES string of the molecule is C=CCCCC[C@@H]1CCN(C)C[C@H]1C(=O)OC. The van der Waals surface area contributed by atoms with Gasteiger partial charge in [0.25, 0.3) is 0 Å². The Morgan fingerprint density at radius 1 is 1.53 bits per heavy atom. The zero-order valence-electron chi connectivity index (χ0n) is 11.2. The van der Waals surface area contributed by atoms with Gasteiger partial charge in [0.15, 0.2) is 0 Å². The Balaban J connectivity index is 2.43. The van der Waals surface area contributed by atoms with Crippen molar-refractivity contribution in [2.24, 2.45) is 11.8 Å². The Kier molecular flexibility index (Phi) is 6.27. The Labute approximate surface area is 105 Å². The largest absolute Gasteiger partial charge is 0.469 e. The minimum atomic E-state index is -0.0368. The van der Waals surface area contributed by atoms with E-state index in [9.17, 15) is 4.79 Å². The highest BCUT2D eigenvalue weighted by Crippen LogP contribution is 2.28. The molecule has 0 spiro atoms. The van der Waals surface area contributed by atoms with Crippen molar-refractivity contribution in [3.8, 4) is 0 Å². The molecule has 0 unspecified atom stereocenters. The van der Waals surface area contributed by atoms with E-state index in [1.54, 1.807) is 0 Å². The minimum Gasteiger partial charge on any atom is -0.469 e. The van der Waals surface area contributed by atoms with Crippen LogP contribution < -0.4 is 0 Å². The molecule has 1 saturated heterocycles. The van der Waals surface area contributed by atoms with Crippen molar-refractivity contribution in [3.05, 3.63) is 12.7 Å². The molecule has 0 saturated carbocycles. The Hall–Kier alpha value is -0.830. The van der Waals surface area contributed by atoms with Crippen LogP contribution in [0.1, 0.15) is 32.1 Å². The van der Waals surface area contributed by atoms with E-state index in [4.69, 9.17) is 4.74 Å². The summed E-state index contributed by atoms with van der Waals surface area (Å²) in [5, 5.41) is 0. The fraction of sp³-hybridized carbons (Fsp3) is 0.786. The summed E-state index contributed by atoms with van der Waals surface area (Å²) < 4.78 is 4.91. The van der Waals surface area contributed by atoms with Gasteiger partial charge in [0, 0.05) is 6.54 Å². The van der Waals surface area contributed by atoms with Crippen LogP contribution in [0.3, 0.4) is 0 Å². The summed E-state index contributed by atoms with van der Waals surface area (Å²) >= 11 is 0. The molecule has 0 N–H and O–H groups in total. The lowest BCUT2D eigenvalue weighted by molar-refractivity contribution is -0.149. The maximum atomic E-state index is 11.7. The van der Waals surface area contributed by atoms with Crippen molar-refractivity contribution >= 4 is 5.97 Å². The van der Waals surface area contributed by atoms with Gasteiger partial charge in [-0.25, -0.2) is 0 Å². The average Bonchev–Trinajstić information content (AvgIpc) is 2.35. The molecule has 1 aliphatic heterocycles. The average molecular weight is 239 g/mol. The smallest absolute Gasteiger partial charge is 0.310 e. The highest BCUT2D eigenvalue weighted by atomic mass is 16.5. The van der Waals surface area contributed by atoms with E-state index >= 15 is 0 Å². The topological polar surface area (TPSA) is 29.5 Å². The molecule has 0 aliphatic carbocycles. The van der Waals surface area contributed by atoms with E-state index in [0.29, 0.717) is 5.92 Å². The highest BCUT2D eigenvalue weighted by molar-refractivity contribution is 5.73. The molecule has 3 nitrogen and oxygen atoms in total. The summed E-state index contributed by atoms with van der Waals surface area (Å²) in [6, 6.07) is 0. The van der Waals surface area contributed by atoms with Gasteiger partial charge < -0.3 is 9.64 Å². The van der Waals surface area contributed by atoms with Crippen LogP contribution in [0, 0.1) is 11.8 Å². The molecular weight excluding hydrogens is 214 g/mol. The summed E-state index contributed by atoms with van der Waals surface area (Å²) in [5.74, 6) is 0.538. The van der Waals surface area contributed by atoms with Gasteiger partial charge in [-0.15, -0.1) is 6.58 Å². The van der Waals surface area contributed by atoms with Crippen molar-refractivity contribution in [1.82, 2.24) is 4.90 Å². The fourth-order valence-corrected chi connectivity index (χ4v) is 2.62. The van der Waals surface area contributed by atoms with Crippen LogP contribution in [-0.4, -0.2) is 38.1 Å². The maximum absolute atomic E-state index is 11.7. The number of carbonyl (C=O) groups is 1. The second-order valence-corrected chi connectivity index (χ2v) is 5.01. The van der Waals surface area contributed by atoms with E-state index < -0.39 is 0 Å². The second kappa shape index (κ2) is 7.49. The van der Waals surface area contributed by atoms with Gasteiger partial charge in [0.1, 0.15) is 0 Å². The Bertz CT molecular complexity index is 253. The number of piperidine rings is 1. The van der Waals surface area contributed by atoms with E-state index in [1.165, 1.54) is 20.0 Å². The van der Waals surface area contributed by atoms with Gasteiger partial charge in [-0.2, -0.15) is 0 Å². The predicted molar refractivity (Wildman–Crippen MR) is 69.8 cm³/mol. The molecule has 0 aromatic carbocycles. The maximum Gasteiger partial charge on any atom is 0.310 e. The third kappa shape index (κ3) is 4.50.